The van der Waals surface area contributed by atoms with E-state index in [1.165, 1.54) is 36.2 Å². The molecule has 2 amide bonds. The first-order valence-electron chi connectivity index (χ1n) is 7.71. The van der Waals surface area contributed by atoms with Crippen LogP contribution >= 0.6 is 23.2 Å². The molecule has 0 spiro atoms. The van der Waals surface area contributed by atoms with Gasteiger partial charge in [-0.3, -0.25) is 9.59 Å². The third kappa shape index (κ3) is 6.15. The van der Waals surface area contributed by atoms with Crippen LogP contribution in [-0.4, -0.2) is 30.3 Å². The largest absolute Gasteiger partial charge is 0.416 e. The van der Waals surface area contributed by atoms with Gasteiger partial charge in [-0.05, 0) is 35.9 Å². The first kappa shape index (κ1) is 21.1. The van der Waals surface area contributed by atoms with Crippen molar-refractivity contribution in [2.75, 3.05) is 18.9 Å². The van der Waals surface area contributed by atoms with E-state index in [0.717, 1.165) is 12.1 Å². The Bertz CT molecular complexity index is 839. The fourth-order valence-electron chi connectivity index (χ4n) is 2.20. The number of hydrogen-bond acceptors (Lipinski definition) is 2. The van der Waals surface area contributed by atoms with E-state index in [-0.39, 0.29) is 18.0 Å². The number of amides is 2. The van der Waals surface area contributed by atoms with Crippen molar-refractivity contribution in [3.05, 3.63) is 63.6 Å². The molecule has 0 aliphatic heterocycles. The monoisotopic (exact) mass is 418 g/mol. The molecule has 0 aliphatic carbocycles. The predicted molar refractivity (Wildman–Crippen MR) is 97.9 cm³/mol. The van der Waals surface area contributed by atoms with Gasteiger partial charge in [0.15, 0.2) is 0 Å². The van der Waals surface area contributed by atoms with Gasteiger partial charge >= 0.3 is 6.18 Å². The zero-order valence-electron chi connectivity index (χ0n) is 14.1. The number of likely N-dealkylation sites (N-methyl/N-ethyl adjacent to an activating group) is 1. The van der Waals surface area contributed by atoms with Crippen molar-refractivity contribution in [2.45, 2.75) is 12.6 Å². The zero-order chi connectivity index (χ0) is 20.2. The number of alkyl halides is 3. The normalized spacial score (nSPS) is 11.2. The lowest BCUT2D eigenvalue weighted by atomic mass is 10.1. The van der Waals surface area contributed by atoms with Crippen LogP contribution in [0.3, 0.4) is 0 Å². The van der Waals surface area contributed by atoms with E-state index in [1.54, 1.807) is 6.07 Å². The molecule has 0 fully saturated rings. The molecule has 2 aromatic carbocycles. The number of hydrogen-bond donors (Lipinski definition) is 1. The molecule has 1 N–H and O–H groups in total. The van der Waals surface area contributed by atoms with Crippen LogP contribution in [-0.2, 0) is 22.2 Å². The number of benzene rings is 2. The number of anilines is 1. The lowest BCUT2D eigenvalue weighted by Gasteiger charge is -2.17. The highest BCUT2D eigenvalue weighted by Crippen LogP contribution is 2.29. The van der Waals surface area contributed by atoms with Crippen molar-refractivity contribution < 1.29 is 22.8 Å². The number of rotatable bonds is 5. The highest BCUT2D eigenvalue weighted by molar-refractivity contribution is 6.42. The number of nitrogens with one attached hydrogen (secondary N) is 1. The molecule has 27 heavy (non-hydrogen) atoms. The topological polar surface area (TPSA) is 49.4 Å². The van der Waals surface area contributed by atoms with Gasteiger partial charge in [0.25, 0.3) is 0 Å². The van der Waals surface area contributed by atoms with Gasteiger partial charge in [-0.15, -0.1) is 0 Å². The first-order valence-corrected chi connectivity index (χ1v) is 8.47. The molecule has 0 unspecified atom stereocenters. The molecule has 2 aromatic rings. The molecule has 0 saturated heterocycles. The minimum absolute atomic E-state index is 0.116. The van der Waals surface area contributed by atoms with Crippen LogP contribution in [0.2, 0.25) is 10.0 Å². The van der Waals surface area contributed by atoms with Crippen LogP contribution in [0.25, 0.3) is 0 Å². The zero-order valence-corrected chi connectivity index (χ0v) is 15.6. The van der Waals surface area contributed by atoms with E-state index in [1.807, 2.05) is 0 Å². The van der Waals surface area contributed by atoms with Crippen LogP contribution in [0, 0.1) is 0 Å². The Morgan fingerprint density at radius 2 is 1.67 bits per heavy atom. The molecule has 0 heterocycles. The smallest absolute Gasteiger partial charge is 0.336 e. The fraction of sp³-hybridized carbons (Fsp3) is 0.222. The van der Waals surface area contributed by atoms with Gasteiger partial charge in [-0.2, -0.15) is 13.2 Å². The Morgan fingerprint density at radius 3 is 2.22 bits per heavy atom. The Morgan fingerprint density at radius 1 is 1.04 bits per heavy atom. The second-order valence-corrected chi connectivity index (χ2v) is 6.61. The number of nitrogens with zero attached hydrogens (tertiary/aromatic N) is 1. The number of halogens is 5. The summed E-state index contributed by atoms with van der Waals surface area (Å²) < 4.78 is 37.6. The van der Waals surface area contributed by atoms with Crippen LogP contribution in [0.5, 0.6) is 0 Å². The first-order chi connectivity index (χ1) is 12.6. The van der Waals surface area contributed by atoms with Crippen molar-refractivity contribution in [1.82, 2.24) is 4.90 Å². The molecule has 144 valence electrons. The van der Waals surface area contributed by atoms with E-state index >= 15 is 0 Å². The maximum atomic E-state index is 12.5. The van der Waals surface area contributed by atoms with Crippen molar-refractivity contribution in [3.63, 3.8) is 0 Å². The fourth-order valence-corrected chi connectivity index (χ4v) is 2.50. The Balaban J connectivity index is 1.90. The van der Waals surface area contributed by atoms with Gasteiger partial charge in [0, 0.05) is 12.7 Å². The molecule has 9 heteroatoms. The van der Waals surface area contributed by atoms with Crippen molar-refractivity contribution in [2.24, 2.45) is 0 Å². The van der Waals surface area contributed by atoms with Crippen LogP contribution < -0.4 is 5.32 Å². The molecule has 0 bridgehead atoms. The molecule has 0 saturated carbocycles. The summed E-state index contributed by atoms with van der Waals surface area (Å²) in [4.78, 5) is 25.4. The third-order valence-electron chi connectivity index (χ3n) is 3.65. The van der Waals surface area contributed by atoms with E-state index < -0.39 is 23.6 Å². The minimum Gasteiger partial charge on any atom is -0.336 e. The minimum atomic E-state index is -4.43. The van der Waals surface area contributed by atoms with E-state index in [2.05, 4.69) is 5.32 Å². The van der Waals surface area contributed by atoms with E-state index in [4.69, 9.17) is 23.2 Å². The van der Waals surface area contributed by atoms with Crippen LogP contribution in [0.15, 0.2) is 42.5 Å². The number of carbonyl (C=O) groups is 2. The average Bonchev–Trinajstić information content (AvgIpc) is 2.57. The summed E-state index contributed by atoms with van der Waals surface area (Å²) >= 11 is 11.7. The SMILES string of the molecule is CN(CC(=O)Nc1ccc(Cl)c(Cl)c1)C(=O)Cc1ccc(C(F)(F)F)cc1. The Hall–Kier alpha value is -2.25. The molecule has 2 rings (SSSR count). The number of carbonyl (C=O) groups excluding carboxylic acids is 2. The molecular weight excluding hydrogens is 404 g/mol. The highest BCUT2D eigenvalue weighted by Gasteiger charge is 2.30. The molecule has 0 atom stereocenters. The molecule has 4 nitrogen and oxygen atoms in total. The quantitative estimate of drug-likeness (QED) is 0.767. The standard InChI is InChI=1S/C18H15Cl2F3N2O2/c1-25(10-16(26)24-13-6-7-14(19)15(20)9-13)17(27)8-11-2-4-12(5-3-11)18(21,22)23/h2-7,9H,8,10H2,1H3,(H,24,26). The maximum absolute atomic E-state index is 12.5. The van der Waals surface area contributed by atoms with E-state index in [9.17, 15) is 22.8 Å². The molecule has 0 radical (unpaired) electrons. The second-order valence-electron chi connectivity index (χ2n) is 5.80. The van der Waals surface area contributed by atoms with Crippen LogP contribution in [0.4, 0.5) is 18.9 Å². The third-order valence-corrected chi connectivity index (χ3v) is 4.39. The highest BCUT2D eigenvalue weighted by atomic mass is 35.5. The lowest BCUT2D eigenvalue weighted by Crippen LogP contribution is -2.35. The van der Waals surface area contributed by atoms with Gasteiger partial charge in [-0.25, -0.2) is 0 Å². The molecular formula is C18H15Cl2F3N2O2. The second kappa shape index (κ2) is 8.63. The van der Waals surface area contributed by atoms with Gasteiger partial charge in [0.05, 0.1) is 28.6 Å². The van der Waals surface area contributed by atoms with Gasteiger partial charge < -0.3 is 10.2 Å². The Kier molecular flexibility index (Phi) is 6.73. The summed E-state index contributed by atoms with van der Waals surface area (Å²) in [6.07, 6.45) is -4.54. The summed E-state index contributed by atoms with van der Waals surface area (Å²) in [6, 6.07) is 8.88. The molecule has 0 aromatic heterocycles. The summed E-state index contributed by atoms with van der Waals surface area (Å²) in [5.74, 6) is -0.851. The maximum Gasteiger partial charge on any atom is 0.416 e. The Labute approximate surface area is 163 Å². The van der Waals surface area contributed by atoms with Crippen LogP contribution in [0.1, 0.15) is 11.1 Å². The summed E-state index contributed by atoms with van der Waals surface area (Å²) in [5, 5.41) is 3.21. The van der Waals surface area contributed by atoms with Gasteiger partial charge in [0.2, 0.25) is 11.8 Å². The average molecular weight is 419 g/mol. The van der Waals surface area contributed by atoms with E-state index in [0.29, 0.717) is 16.3 Å². The molecule has 0 aliphatic rings. The van der Waals surface area contributed by atoms with Crippen molar-refractivity contribution in [1.29, 1.82) is 0 Å². The summed E-state index contributed by atoms with van der Waals surface area (Å²) in [5.41, 5.74) is 0.0655. The summed E-state index contributed by atoms with van der Waals surface area (Å²) in [7, 11) is 1.43. The lowest BCUT2D eigenvalue weighted by molar-refractivity contribution is -0.137. The van der Waals surface area contributed by atoms with Gasteiger partial charge in [0.1, 0.15) is 0 Å². The van der Waals surface area contributed by atoms with Crippen molar-refractivity contribution >= 4 is 40.7 Å². The predicted octanol–water partition coefficient (Wildman–Crippen LogP) is 4.65. The van der Waals surface area contributed by atoms with Gasteiger partial charge in [-0.1, -0.05) is 35.3 Å². The summed E-state index contributed by atoms with van der Waals surface area (Å²) in [6.45, 7) is -0.223. The van der Waals surface area contributed by atoms with Crippen molar-refractivity contribution in [3.8, 4) is 0 Å².